The van der Waals surface area contributed by atoms with E-state index in [-0.39, 0.29) is 17.9 Å². The van der Waals surface area contributed by atoms with E-state index in [4.69, 9.17) is 4.74 Å². The lowest BCUT2D eigenvalue weighted by Gasteiger charge is -2.12. The first-order valence-corrected chi connectivity index (χ1v) is 9.41. The van der Waals surface area contributed by atoms with Crippen molar-refractivity contribution in [3.05, 3.63) is 94.5 Å². The number of hydrogen-bond acceptors (Lipinski definition) is 4. The van der Waals surface area contributed by atoms with Crippen LogP contribution in [-0.4, -0.2) is 26.3 Å². The number of aromatic nitrogens is 4. The highest BCUT2D eigenvalue weighted by molar-refractivity contribution is 5.82. The van der Waals surface area contributed by atoms with Crippen LogP contribution in [0.15, 0.2) is 77.6 Å². The number of methoxy groups -OCH3 is 1. The first-order valence-electron chi connectivity index (χ1n) is 9.41. The van der Waals surface area contributed by atoms with Gasteiger partial charge in [0.1, 0.15) is 11.6 Å². The maximum Gasteiger partial charge on any atom is 0.263 e. The van der Waals surface area contributed by atoms with Gasteiger partial charge in [-0.25, -0.2) is 4.39 Å². The van der Waals surface area contributed by atoms with E-state index in [1.807, 2.05) is 46.9 Å². The molecule has 3 aromatic carbocycles. The highest BCUT2D eigenvalue weighted by Crippen LogP contribution is 2.25. The lowest BCUT2D eigenvalue weighted by Crippen LogP contribution is -2.24. The maximum atomic E-state index is 13.3. The van der Waals surface area contributed by atoms with Gasteiger partial charge in [-0.2, -0.15) is 0 Å². The molecule has 0 spiro atoms. The molecule has 7 heteroatoms. The first kappa shape index (κ1) is 18.1. The van der Waals surface area contributed by atoms with Crippen molar-refractivity contribution in [3.8, 4) is 17.1 Å². The Balaban J connectivity index is 1.80. The third-order valence-electron chi connectivity index (χ3n) is 5.09. The Hall–Kier alpha value is -4.00. The molecular weight excluding hydrogens is 383 g/mol. The van der Waals surface area contributed by atoms with Crippen LogP contribution in [0, 0.1) is 5.82 Å². The Labute approximate surface area is 170 Å². The first-order chi connectivity index (χ1) is 14.7. The van der Waals surface area contributed by atoms with Gasteiger partial charge in [0, 0.05) is 5.56 Å². The third kappa shape index (κ3) is 2.91. The molecule has 2 aromatic heterocycles. The maximum absolute atomic E-state index is 13.3. The van der Waals surface area contributed by atoms with E-state index in [1.54, 1.807) is 29.9 Å². The molecule has 0 unspecified atom stereocenters. The molecule has 2 heterocycles. The van der Waals surface area contributed by atoms with E-state index in [1.165, 1.54) is 12.1 Å². The van der Waals surface area contributed by atoms with Gasteiger partial charge in [0.25, 0.3) is 5.56 Å². The number of hydrogen-bond donors (Lipinski definition) is 0. The third-order valence-corrected chi connectivity index (χ3v) is 5.09. The Morgan fingerprint density at radius 3 is 2.57 bits per heavy atom. The lowest BCUT2D eigenvalue weighted by atomic mass is 10.2. The predicted molar refractivity (Wildman–Crippen MR) is 112 cm³/mol. The molecule has 5 rings (SSSR count). The van der Waals surface area contributed by atoms with Crippen molar-refractivity contribution in [3.63, 3.8) is 0 Å². The number of rotatable bonds is 4. The van der Waals surface area contributed by atoms with E-state index >= 15 is 0 Å². The van der Waals surface area contributed by atoms with Gasteiger partial charge in [-0.1, -0.05) is 36.4 Å². The summed E-state index contributed by atoms with van der Waals surface area (Å²) < 4.78 is 22.1. The van der Waals surface area contributed by atoms with Crippen molar-refractivity contribution in [2.45, 2.75) is 6.54 Å². The van der Waals surface area contributed by atoms with E-state index < -0.39 is 0 Å². The summed E-state index contributed by atoms with van der Waals surface area (Å²) in [7, 11) is 1.61. The number of ether oxygens (including phenoxy) is 1. The predicted octanol–water partition coefficient (Wildman–Crippen LogP) is 3.91. The standard InChI is InChI=1S/C23H17FN4O2/c1-30-18-6-4-5-16(13-18)21-25-26-23-27(14-15-9-11-17(24)12-10-15)22(29)19-7-2-3-8-20(19)28(21)23/h2-13H,14H2,1H3. The monoisotopic (exact) mass is 400 g/mol. The average Bonchev–Trinajstić information content (AvgIpc) is 3.23. The molecule has 0 amide bonds. The van der Waals surface area contributed by atoms with Crippen molar-refractivity contribution in [1.29, 1.82) is 0 Å². The van der Waals surface area contributed by atoms with Crippen LogP contribution in [0.3, 0.4) is 0 Å². The topological polar surface area (TPSA) is 61.4 Å². The van der Waals surface area contributed by atoms with E-state index in [2.05, 4.69) is 10.2 Å². The molecule has 5 aromatic rings. The zero-order valence-corrected chi connectivity index (χ0v) is 16.1. The average molecular weight is 400 g/mol. The molecule has 0 aliphatic carbocycles. The molecule has 0 bridgehead atoms. The van der Waals surface area contributed by atoms with E-state index in [0.29, 0.717) is 22.7 Å². The molecule has 30 heavy (non-hydrogen) atoms. The summed E-state index contributed by atoms with van der Waals surface area (Å²) in [5.74, 6) is 1.40. The molecular formula is C23H17FN4O2. The van der Waals surface area contributed by atoms with Crippen LogP contribution in [0.2, 0.25) is 0 Å². The number of halogens is 1. The van der Waals surface area contributed by atoms with Gasteiger partial charge < -0.3 is 4.74 Å². The summed E-state index contributed by atoms with van der Waals surface area (Å²) in [6.07, 6.45) is 0. The van der Waals surface area contributed by atoms with Crippen molar-refractivity contribution in [2.75, 3.05) is 7.11 Å². The van der Waals surface area contributed by atoms with Gasteiger partial charge in [-0.05, 0) is 42.0 Å². The number of benzene rings is 3. The lowest BCUT2D eigenvalue weighted by molar-refractivity contribution is 0.415. The van der Waals surface area contributed by atoms with Gasteiger partial charge in [0.15, 0.2) is 5.82 Å². The Bertz CT molecular complexity index is 1440. The Morgan fingerprint density at radius 1 is 0.967 bits per heavy atom. The van der Waals surface area contributed by atoms with Gasteiger partial charge >= 0.3 is 0 Å². The van der Waals surface area contributed by atoms with Crippen molar-refractivity contribution in [1.82, 2.24) is 19.2 Å². The minimum Gasteiger partial charge on any atom is -0.497 e. The van der Waals surface area contributed by atoms with Crippen LogP contribution in [0.4, 0.5) is 4.39 Å². The van der Waals surface area contributed by atoms with Crippen LogP contribution in [0.25, 0.3) is 28.1 Å². The second-order valence-electron chi connectivity index (χ2n) is 6.93. The number of para-hydroxylation sites is 1. The molecule has 0 saturated carbocycles. The molecule has 0 aliphatic heterocycles. The van der Waals surface area contributed by atoms with E-state index in [0.717, 1.165) is 16.6 Å². The zero-order chi connectivity index (χ0) is 20.7. The summed E-state index contributed by atoms with van der Waals surface area (Å²) in [5.41, 5.74) is 2.16. The highest BCUT2D eigenvalue weighted by Gasteiger charge is 2.18. The fraction of sp³-hybridized carbons (Fsp3) is 0.0870. The normalized spacial score (nSPS) is 11.3. The SMILES string of the molecule is COc1cccc(-c2nnc3n(Cc4ccc(F)cc4)c(=O)c4ccccc4n23)c1. The van der Waals surface area contributed by atoms with Gasteiger partial charge in [0.05, 0.1) is 24.6 Å². The molecule has 148 valence electrons. The molecule has 0 radical (unpaired) electrons. The van der Waals surface area contributed by atoms with Gasteiger partial charge in [0.2, 0.25) is 5.78 Å². The summed E-state index contributed by atoms with van der Waals surface area (Å²) in [5, 5.41) is 9.27. The van der Waals surface area contributed by atoms with Crippen molar-refractivity contribution >= 4 is 16.7 Å². The Kier molecular flexibility index (Phi) is 4.28. The smallest absolute Gasteiger partial charge is 0.263 e. The molecule has 0 atom stereocenters. The molecule has 0 aliphatic rings. The second kappa shape index (κ2) is 7.11. The Morgan fingerprint density at radius 2 is 1.77 bits per heavy atom. The van der Waals surface area contributed by atoms with Crippen molar-refractivity contribution < 1.29 is 9.13 Å². The number of fused-ring (bicyclic) bond motifs is 3. The minimum atomic E-state index is -0.322. The molecule has 6 nitrogen and oxygen atoms in total. The molecule has 0 N–H and O–H groups in total. The summed E-state index contributed by atoms with van der Waals surface area (Å²) >= 11 is 0. The zero-order valence-electron chi connectivity index (χ0n) is 16.1. The van der Waals surface area contributed by atoms with Crippen LogP contribution >= 0.6 is 0 Å². The largest absolute Gasteiger partial charge is 0.497 e. The van der Waals surface area contributed by atoms with Gasteiger partial charge in [-0.15, -0.1) is 10.2 Å². The fourth-order valence-electron chi connectivity index (χ4n) is 3.62. The highest BCUT2D eigenvalue weighted by atomic mass is 19.1. The summed E-state index contributed by atoms with van der Waals surface area (Å²) in [6.45, 7) is 0.254. The van der Waals surface area contributed by atoms with E-state index in [9.17, 15) is 9.18 Å². The molecule has 0 fully saturated rings. The second-order valence-corrected chi connectivity index (χ2v) is 6.93. The van der Waals surface area contributed by atoms with Gasteiger partial charge in [-0.3, -0.25) is 13.8 Å². The quantitative estimate of drug-likeness (QED) is 0.459. The molecule has 0 saturated heterocycles. The van der Waals surface area contributed by atoms with Crippen LogP contribution < -0.4 is 10.3 Å². The summed E-state index contributed by atoms with van der Waals surface area (Å²) in [4.78, 5) is 13.2. The van der Waals surface area contributed by atoms with Crippen molar-refractivity contribution in [2.24, 2.45) is 0 Å². The fourth-order valence-corrected chi connectivity index (χ4v) is 3.62. The summed E-state index contributed by atoms with van der Waals surface area (Å²) in [6, 6.07) is 21.0. The van der Waals surface area contributed by atoms with Crippen LogP contribution in [-0.2, 0) is 6.54 Å². The number of nitrogens with zero attached hydrogens (tertiary/aromatic N) is 4. The van der Waals surface area contributed by atoms with Crippen LogP contribution in [0.1, 0.15) is 5.56 Å². The van der Waals surface area contributed by atoms with Crippen LogP contribution in [0.5, 0.6) is 5.75 Å². The minimum absolute atomic E-state index is 0.174.